The second kappa shape index (κ2) is 8.39. The summed E-state index contributed by atoms with van der Waals surface area (Å²) in [5, 5.41) is 15.8. The van der Waals surface area contributed by atoms with Crippen molar-refractivity contribution < 1.29 is 19.2 Å². The van der Waals surface area contributed by atoms with E-state index in [0.29, 0.717) is 11.4 Å². The average molecular weight is 393 g/mol. The molecule has 3 rings (SSSR count). The van der Waals surface area contributed by atoms with Crippen molar-refractivity contribution in [2.45, 2.75) is 0 Å². The number of nitro benzene ring substituents is 1. The van der Waals surface area contributed by atoms with Crippen LogP contribution >= 0.6 is 0 Å². The molecule has 3 aromatic rings. The summed E-state index contributed by atoms with van der Waals surface area (Å²) in [6, 6.07) is 17.1. The van der Waals surface area contributed by atoms with E-state index in [4.69, 9.17) is 4.74 Å². The standard InChI is InChI=1S/C21H19N3O5/c1-23(2)18-11-10-15(12-19(18)24(27)28)21(26)29-13-20(25)22-17-9-5-7-14-6-3-4-8-16(14)17/h3-12H,13H2,1-2H3,(H,22,25). The normalized spacial score (nSPS) is 10.4. The summed E-state index contributed by atoms with van der Waals surface area (Å²) in [4.78, 5) is 36.7. The summed E-state index contributed by atoms with van der Waals surface area (Å²) in [6.07, 6.45) is 0. The van der Waals surface area contributed by atoms with E-state index in [0.717, 1.165) is 16.8 Å². The maximum atomic E-state index is 12.2. The quantitative estimate of drug-likeness (QED) is 0.390. The third-order valence-electron chi connectivity index (χ3n) is 4.29. The number of rotatable bonds is 6. The molecule has 29 heavy (non-hydrogen) atoms. The molecule has 148 valence electrons. The Morgan fingerprint density at radius 1 is 1.07 bits per heavy atom. The van der Waals surface area contributed by atoms with Crippen molar-refractivity contribution >= 4 is 39.7 Å². The third kappa shape index (κ3) is 4.49. The highest BCUT2D eigenvalue weighted by Crippen LogP contribution is 2.28. The second-order valence-electron chi connectivity index (χ2n) is 6.51. The largest absolute Gasteiger partial charge is 0.452 e. The predicted molar refractivity (Wildman–Crippen MR) is 110 cm³/mol. The van der Waals surface area contributed by atoms with Crippen LogP contribution in [0.1, 0.15) is 10.4 Å². The van der Waals surface area contributed by atoms with E-state index in [1.807, 2.05) is 36.4 Å². The number of esters is 1. The van der Waals surface area contributed by atoms with Crippen molar-refractivity contribution in [2.75, 3.05) is 30.9 Å². The Labute approximate surface area is 166 Å². The maximum Gasteiger partial charge on any atom is 0.338 e. The fourth-order valence-corrected chi connectivity index (χ4v) is 2.91. The molecule has 0 aliphatic rings. The Hall–Kier alpha value is -3.94. The zero-order valence-corrected chi connectivity index (χ0v) is 15.9. The number of carbonyl (C=O) groups is 2. The molecule has 0 aliphatic carbocycles. The molecule has 0 unspecified atom stereocenters. The van der Waals surface area contributed by atoms with Gasteiger partial charge in [0.2, 0.25) is 0 Å². The number of nitrogens with one attached hydrogen (secondary N) is 1. The molecule has 0 saturated heterocycles. The summed E-state index contributed by atoms with van der Waals surface area (Å²) in [5.41, 5.74) is 0.750. The topological polar surface area (TPSA) is 102 Å². The molecule has 1 amide bonds. The van der Waals surface area contributed by atoms with Gasteiger partial charge in [0.1, 0.15) is 5.69 Å². The summed E-state index contributed by atoms with van der Waals surface area (Å²) in [7, 11) is 3.33. The number of nitrogens with zero attached hydrogens (tertiary/aromatic N) is 2. The van der Waals surface area contributed by atoms with Gasteiger partial charge >= 0.3 is 5.97 Å². The summed E-state index contributed by atoms with van der Waals surface area (Å²) >= 11 is 0. The van der Waals surface area contributed by atoms with E-state index in [2.05, 4.69) is 5.32 Å². The number of ether oxygens (including phenoxy) is 1. The first-order valence-corrected chi connectivity index (χ1v) is 8.77. The number of carbonyl (C=O) groups excluding carboxylic acids is 2. The van der Waals surface area contributed by atoms with Crippen molar-refractivity contribution in [3.8, 4) is 0 Å². The minimum absolute atomic E-state index is 0.000242. The first kappa shape index (κ1) is 19.8. The van der Waals surface area contributed by atoms with Crippen LogP contribution in [0.3, 0.4) is 0 Å². The molecule has 0 heterocycles. The van der Waals surface area contributed by atoms with Gasteiger partial charge < -0.3 is 15.0 Å². The van der Waals surface area contributed by atoms with Crippen molar-refractivity contribution in [2.24, 2.45) is 0 Å². The lowest BCUT2D eigenvalue weighted by Crippen LogP contribution is -2.21. The van der Waals surface area contributed by atoms with Crippen molar-refractivity contribution in [1.82, 2.24) is 0 Å². The minimum atomic E-state index is -0.813. The number of anilines is 2. The summed E-state index contributed by atoms with van der Waals surface area (Å²) < 4.78 is 5.02. The maximum absolute atomic E-state index is 12.2. The van der Waals surface area contributed by atoms with Crippen molar-refractivity contribution in [1.29, 1.82) is 0 Å². The highest BCUT2D eigenvalue weighted by Gasteiger charge is 2.20. The summed E-state index contributed by atoms with van der Waals surface area (Å²) in [5.74, 6) is -1.32. The van der Waals surface area contributed by atoms with Gasteiger partial charge in [0.15, 0.2) is 6.61 Å². The number of nitro groups is 1. The average Bonchev–Trinajstić information content (AvgIpc) is 2.71. The zero-order valence-electron chi connectivity index (χ0n) is 15.9. The van der Waals surface area contributed by atoms with Gasteiger partial charge in [-0.05, 0) is 23.6 Å². The van der Waals surface area contributed by atoms with Gasteiger partial charge in [-0.2, -0.15) is 0 Å². The highest BCUT2D eigenvalue weighted by molar-refractivity contribution is 6.03. The van der Waals surface area contributed by atoms with Crippen molar-refractivity contribution in [3.63, 3.8) is 0 Å². The van der Waals surface area contributed by atoms with Crippen LogP contribution in [-0.4, -0.2) is 37.5 Å². The van der Waals surface area contributed by atoms with Crippen LogP contribution in [0.2, 0.25) is 0 Å². The molecule has 0 fully saturated rings. The monoisotopic (exact) mass is 393 g/mol. The van der Waals surface area contributed by atoms with E-state index in [1.165, 1.54) is 12.1 Å². The van der Waals surface area contributed by atoms with E-state index in [9.17, 15) is 19.7 Å². The smallest absolute Gasteiger partial charge is 0.338 e. The summed E-state index contributed by atoms with van der Waals surface area (Å²) in [6.45, 7) is -0.509. The van der Waals surface area contributed by atoms with E-state index in [1.54, 1.807) is 25.1 Å². The van der Waals surface area contributed by atoms with E-state index >= 15 is 0 Å². The lowest BCUT2D eigenvalue weighted by molar-refractivity contribution is -0.384. The number of hydrogen-bond donors (Lipinski definition) is 1. The van der Waals surface area contributed by atoms with Crippen molar-refractivity contribution in [3.05, 3.63) is 76.3 Å². The van der Waals surface area contributed by atoms with Crippen LogP contribution in [0.5, 0.6) is 0 Å². The number of benzene rings is 3. The molecule has 0 saturated carbocycles. The molecule has 8 heteroatoms. The van der Waals surface area contributed by atoms with Crippen LogP contribution in [-0.2, 0) is 9.53 Å². The zero-order chi connectivity index (χ0) is 21.0. The SMILES string of the molecule is CN(C)c1ccc(C(=O)OCC(=O)Nc2cccc3ccccc23)cc1[N+](=O)[O-]. The molecular weight excluding hydrogens is 374 g/mol. The Morgan fingerprint density at radius 3 is 2.52 bits per heavy atom. The van der Waals surface area contributed by atoms with E-state index < -0.39 is 23.4 Å². The fourth-order valence-electron chi connectivity index (χ4n) is 2.91. The Bertz CT molecular complexity index is 1090. The van der Waals surface area contributed by atoms with Crippen LogP contribution < -0.4 is 10.2 Å². The Morgan fingerprint density at radius 2 is 1.79 bits per heavy atom. The molecule has 0 radical (unpaired) electrons. The molecule has 1 N–H and O–H groups in total. The fraction of sp³-hybridized carbons (Fsp3) is 0.143. The van der Waals surface area contributed by atoms with Gasteiger partial charge in [0.05, 0.1) is 10.5 Å². The lowest BCUT2D eigenvalue weighted by atomic mass is 10.1. The van der Waals surface area contributed by atoms with Gasteiger partial charge in [-0.3, -0.25) is 14.9 Å². The number of fused-ring (bicyclic) bond motifs is 1. The Kier molecular flexibility index (Phi) is 5.73. The molecule has 0 spiro atoms. The minimum Gasteiger partial charge on any atom is -0.452 e. The van der Waals surface area contributed by atoms with E-state index in [-0.39, 0.29) is 11.3 Å². The Balaban J connectivity index is 1.68. The second-order valence-corrected chi connectivity index (χ2v) is 6.51. The third-order valence-corrected chi connectivity index (χ3v) is 4.29. The number of hydrogen-bond acceptors (Lipinski definition) is 6. The molecule has 0 aliphatic heterocycles. The van der Waals surface area contributed by atoms with Crippen LogP contribution in [0, 0.1) is 10.1 Å². The van der Waals surface area contributed by atoms with Gasteiger partial charge in [-0.25, -0.2) is 4.79 Å². The first-order chi connectivity index (χ1) is 13.9. The number of amides is 1. The van der Waals surface area contributed by atoms with Gasteiger partial charge in [-0.15, -0.1) is 0 Å². The van der Waals surface area contributed by atoms with Crippen LogP contribution in [0.4, 0.5) is 17.1 Å². The molecule has 3 aromatic carbocycles. The van der Waals surface area contributed by atoms with Gasteiger partial charge in [0, 0.05) is 31.2 Å². The van der Waals surface area contributed by atoms with Gasteiger partial charge in [0.25, 0.3) is 11.6 Å². The first-order valence-electron chi connectivity index (χ1n) is 8.77. The van der Waals surface area contributed by atoms with Crippen LogP contribution in [0.25, 0.3) is 10.8 Å². The van der Waals surface area contributed by atoms with Crippen LogP contribution in [0.15, 0.2) is 60.7 Å². The molecular formula is C21H19N3O5. The molecule has 8 nitrogen and oxygen atoms in total. The predicted octanol–water partition coefficient (Wildman–Crippen LogP) is 3.61. The molecule has 0 aromatic heterocycles. The molecule has 0 atom stereocenters. The lowest BCUT2D eigenvalue weighted by Gasteiger charge is -2.13. The molecule has 0 bridgehead atoms. The highest BCUT2D eigenvalue weighted by atomic mass is 16.6. The van der Waals surface area contributed by atoms with Gasteiger partial charge in [-0.1, -0.05) is 36.4 Å².